The normalized spacial score (nSPS) is 13.5. The molecule has 8 aromatic rings. The average molecular weight is 807 g/mol. The van der Waals surface area contributed by atoms with E-state index in [9.17, 15) is 4.39 Å². The van der Waals surface area contributed by atoms with E-state index in [-0.39, 0.29) is 31.5 Å². The molecule has 3 aromatic heterocycles. The maximum absolute atomic E-state index is 13.2. The summed E-state index contributed by atoms with van der Waals surface area (Å²) in [5.41, 5.74) is 8.41. The molecule has 237 valence electrons. The number of aryl methyl sites for hydroxylation is 1. The van der Waals surface area contributed by atoms with Crippen molar-refractivity contribution in [3.63, 3.8) is 0 Å². The zero-order chi connectivity index (χ0) is 35.6. The van der Waals surface area contributed by atoms with Gasteiger partial charge in [0.1, 0.15) is 11.4 Å². The summed E-state index contributed by atoms with van der Waals surface area (Å²) in [6, 6.07) is 47.1. The van der Waals surface area contributed by atoms with Gasteiger partial charge in [-0.1, -0.05) is 96.7 Å². The fraction of sp³-hybridized carbons (Fsp3) is 0.0698. The van der Waals surface area contributed by atoms with Crippen molar-refractivity contribution in [2.75, 3.05) is 0 Å². The third-order valence-corrected chi connectivity index (χ3v) is 8.01. The van der Waals surface area contributed by atoms with E-state index in [1.54, 1.807) is 30.5 Å². The van der Waals surface area contributed by atoms with Crippen molar-refractivity contribution in [2.45, 2.75) is 19.7 Å². The minimum Gasteiger partial charge on any atom is -0.501 e. The van der Waals surface area contributed by atoms with E-state index >= 15 is 0 Å². The Morgan fingerprint density at radius 1 is 0.729 bits per heavy atom. The number of hydrogen-bond donors (Lipinski definition) is 0. The second-order valence-corrected chi connectivity index (χ2v) is 11.0. The zero-order valence-corrected chi connectivity index (χ0v) is 28.3. The molecule has 0 bridgehead atoms. The van der Waals surface area contributed by atoms with Gasteiger partial charge in [0, 0.05) is 43.4 Å². The molecule has 3 heterocycles. The minimum absolute atomic E-state index is 0. The fourth-order valence-corrected chi connectivity index (χ4v) is 5.52. The molecule has 1 radical (unpaired) electrons. The molecule has 0 aliphatic rings. The van der Waals surface area contributed by atoms with Crippen LogP contribution in [0.15, 0.2) is 150 Å². The maximum atomic E-state index is 13.2. The molecule has 0 N–H and O–H groups in total. The molecule has 0 spiro atoms. The van der Waals surface area contributed by atoms with E-state index in [2.05, 4.69) is 22.1 Å². The van der Waals surface area contributed by atoms with Gasteiger partial charge in [-0.3, -0.25) is 0 Å². The zero-order valence-electron chi connectivity index (χ0n) is 29.9. The minimum atomic E-state index is -2.15. The molecular weight excluding hydrogens is 772 g/mol. The Bertz CT molecular complexity index is 2450. The number of para-hydroxylation sites is 1. The van der Waals surface area contributed by atoms with E-state index in [1.807, 2.05) is 104 Å². The largest absolute Gasteiger partial charge is 0.501 e. The van der Waals surface area contributed by atoms with E-state index in [0.717, 1.165) is 55.4 Å². The number of fused-ring (bicyclic) bond motifs is 3. The Labute approximate surface area is 299 Å². The first-order chi connectivity index (χ1) is 24.6. The molecule has 0 aliphatic heterocycles. The summed E-state index contributed by atoms with van der Waals surface area (Å²) in [7, 11) is 0. The van der Waals surface area contributed by atoms with E-state index in [4.69, 9.17) is 9.90 Å². The second kappa shape index (κ2) is 14.7. The maximum Gasteiger partial charge on any atom is 0.123 e. The number of hydrogen-bond acceptors (Lipinski definition) is 3. The summed E-state index contributed by atoms with van der Waals surface area (Å²) in [5.74, 6) is -1.13. The summed E-state index contributed by atoms with van der Waals surface area (Å²) in [6.45, 7) is -0.259. The number of pyridine rings is 2. The first-order valence-electron chi connectivity index (χ1n) is 17.2. The molecule has 1 unspecified atom stereocenters. The number of rotatable bonds is 5. The summed E-state index contributed by atoms with van der Waals surface area (Å²) >= 11 is 0. The second-order valence-electron chi connectivity index (χ2n) is 11.0. The van der Waals surface area contributed by atoms with Gasteiger partial charge in [-0.05, 0) is 70.7 Å². The molecule has 5 aromatic carbocycles. The van der Waals surface area contributed by atoms with Gasteiger partial charge in [-0.15, -0.1) is 53.6 Å². The smallest absolute Gasteiger partial charge is 0.123 e. The summed E-state index contributed by atoms with van der Waals surface area (Å²) in [6.07, 6.45) is 3.13. The van der Waals surface area contributed by atoms with Crippen LogP contribution in [0.2, 0.25) is 0 Å². The first kappa shape index (κ1) is 27.9. The van der Waals surface area contributed by atoms with Gasteiger partial charge in [-0.2, -0.15) is 0 Å². The summed E-state index contributed by atoms with van der Waals surface area (Å²) < 4.78 is 50.3. The summed E-state index contributed by atoms with van der Waals surface area (Å²) in [4.78, 5) is 8.77. The Morgan fingerprint density at radius 2 is 1.52 bits per heavy atom. The molecule has 1 atom stereocenters. The van der Waals surface area contributed by atoms with E-state index < -0.39 is 12.7 Å². The van der Waals surface area contributed by atoms with Gasteiger partial charge in [0.05, 0.1) is 5.58 Å². The van der Waals surface area contributed by atoms with Crippen LogP contribution in [0, 0.1) is 24.8 Å². The fourth-order valence-electron chi connectivity index (χ4n) is 5.52. The van der Waals surface area contributed by atoms with Crippen LogP contribution in [0.4, 0.5) is 4.39 Å². The van der Waals surface area contributed by atoms with Crippen molar-refractivity contribution in [3.05, 3.63) is 180 Å². The molecule has 0 saturated heterocycles. The Morgan fingerprint density at radius 3 is 2.31 bits per heavy atom. The molecule has 0 amide bonds. The van der Waals surface area contributed by atoms with Crippen molar-refractivity contribution in [3.8, 4) is 33.6 Å². The van der Waals surface area contributed by atoms with Crippen LogP contribution in [0.5, 0.6) is 0 Å². The standard InChI is InChI=1S/C25H19FN.C18H12NO.Ir/c1-18(19-6-3-2-4-7-19)21-8-5-9-23(16-21)25-17-22(14-15-27-25)20-10-12-24(26)13-11-20;1-12-9-10-16(19-11-12)15-7-4-6-14-13-5-2-3-8-17(13)20-18(14)15;/h2-8,10-18H,1H3;2-6,8-11H,1H3;/q2*-1;/i18D;1D3;. The van der Waals surface area contributed by atoms with Crippen LogP contribution in [-0.4, -0.2) is 9.97 Å². The van der Waals surface area contributed by atoms with Gasteiger partial charge in [0.25, 0.3) is 0 Å². The van der Waals surface area contributed by atoms with E-state index in [0.29, 0.717) is 11.3 Å². The topological polar surface area (TPSA) is 38.9 Å². The number of furan rings is 1. The molecule has 5 heteroatoms. The van der Waals surface area contributed by atoms with Crippen molar-refractivity contribution < 1.29 is 34.4 Å². The van der Waals surface area contributed by atoms with Crippen LogP contribution in [0.1, 0.15) is 35.0 Å². The average Bonchev–Trinajstić information content (AvgIpc) is 3.55. The van der Waals surface area contributed by atoms with Crippen LogP contribution >= 0.6 is 0 Å². The van der Waals surface area contributed by atoms with E-state index in [1.165, 1.54) is 18.3 Å². The number of nitrogens with zero attached hydrogens (tertiary/aromatic N) is 2. The quantitative estimate of drug-likeness (QED) is 0.163. The van der Waals surface area contributed by atoms with Gasteiger partial charge in [-0.25, -0.2) is 4.39 Å². The number of aromatic nitrogens is 2. The number of halogens is 1. The van der Waals surface area contributed by atoms with Crippen LogP contribution in [0.3, 0.4) is 0 Å². The van der Waals surface area contributed by atoms with Crippen molar-refractivity contribution >= 4 is 21.9 Å². The third-order valence-electron chi connectivity index (χ3n) is 8.01. The predicted octanol–water partition coefficient (Wildman–Crippen LogP) is 11.3. The van der Waals surface area contributed by atoms with Gasteiger partial charge >= 0.3 is 0 Å². The molecule has 3 nitrogen and oxygen atoms in total. The Balaban J connectivity index is 0.000000178. The first-order valence-corrected chi connectivity index (χ1v) is 15.2. The van der Waals surface area contributed by atoms with Gasteiger partial charge < -0.3 is 14.4 Å². The molecule has 0 fully saturated rings. The number of benzene rings is 5. The molecular formula is C43H31FIrN2O-2. The Hall–Kier alpha value is -5.22. The predicted molar refractivity (Wildman–Crippen MR) is 188 cm³/mol. The third kappa shape index (κ3) is 7.03. The summed E-state index contributed by atoms with van der Waals surface area (Å²) in [5, 5.41) is 2.04. The van der Waals surface area contributed by atoms with Crippen molar-refractivity contribution in [2.24, 2.45) is 0 Å². The Kier molecular flexibility index (Phi) is 8.52. The van der Waals surface area contributed by atoms with Gasteiger partial charge in [0.15, 0.2) is 0 Å². The molecule has 8 rings (SSSR count). The van der Waals surface area contributed by atoms with Crippen LogP contribution < -0.4 is 0 Å². The molecule has 48 heavy (non-hydrogen) atoms. The van der Waals surface area contributed by atoms with Crippen LogP contribution in [-0.2, 0) is 20.1 Å². The SMILES string of the molecule is [2H]C(C)(c1ccccc1)c1cc[c-]c(-c2cc(-c3ccc(F)cc3)ccn2)c1.[2H]C([2H])([2H])c1ccc(-c2[c-]ccc3c2oc2ccccc23)nc1.[Ir]. The molecule has 0 saturated carbocycles. The van der Waals surface area contributed by atoms with Crippen molar-refractivity contribution in [1.82, 2.24) is 9.97 Å². The van der Waals surface area contributed by atoms with Crippen LogP contribution in [0.25, 0.3) is 55.6 Å². The molecule has 0 aliphatic carbocycles. The van der Waals surface area contributed by atoms with Crippen molar-refractivity contribution in [1.29, 1.82) is 0 Å². The van der Waals surface area contributed by atoms with Gasteiger partial charge in [0.2, 0.25) is 0 Å². The monoisotopic (exact) mass is 807 g/mol.